The minimum absolute atomic E-state index is 0.929. The first-order valence-corrected chi connectivity index (χ1v) is 8.17. The Morgan fingerprint density at radius 2 is 1.00 bits per heavy atom. The molecule has 0 amide bonds. The fourth-order valence-corrected chi connectivity index (χ4v) is 2.58. The van der Waals surface area contributed by atoms with E-state index in [1.165, 1.54) is 0 Å². The van der Waals surface area contributed by atoms with Crippen LogP contribution >= 0.6 is 0 Å². The largest absolute Gasteiger partial charge is 0.357 e. The first-order chi connectivity index (χ1) is 10.7. The van der Waals surface area contributed by atoms with Crippen molar-refractivity contribution in [2.45, 2.75) is 27.7 Å². The van der Waals surface area contributed by atoms with Crippen molar-refractivity contribution in [3.8, 4) is 11.4 Å². The summed E-state index contributed by atoms with van der Waals surface area (Å²) in [6, 6.07) is 12.3. The highest BCUT2D eigenvalue weighted by Gasteiger charge is 2.09. The predicted octanol–water partition coefficient (Wildman–Crippen LogP) is 3.84. The van der Waals surface area contributed by atoms with E-state index < -0.39 is 0 Å². The van der Waals surface area contributed by atoms with E-state index in [-0.39, 0.29) is 0 Å². The van der Waals surface area contributed by atoms with Crippen molar-refractivity contribution in [2.24, 2.45) is 0 Å². The predicted molar refractivity (Wildman–Crippen MR) is 94.6 cm³/mol. The second-order valence-electron chi connectivity index (χ2n) is 5.11. The molecule has 4 nitrogen and oxygen atoms in total. The van der Waals surface area contributed by atoms with Crippen LogP contribution in [0.5, 0.6) is 0 Å². The average Bonchev–Trinajstić information content (AvgIpc) is 2.58. The smallest absolute Gasteiger partial charge is 0.129 e. The maximum absolute atomic E-state index is 4.78. The van der Waals surface area contributed by atoms with E-state index in [0.29, 0.717) is 0 Å². The van der Waals surface area contributed by atoms with Gasteiger partial charge in [-0.05, 0) is 52.0 Å². The molecule has 0 unspecified atom stereocenters. The third-order valence-corrected chi connectivity index (χ3v) is 3.91. The zero-order chi connectivity index (χ0) is 15.9. The fraction of sp³-hybridized carbons (Fsp3) is 0.444. The van der Waals surface area contributed by atoms with Crippen LogP contribution in [0.1, 0.15) is 27.7 Å². The van der Waals surface area contributed by atoms with E-state index in [1.54, 1.807) is 0 Å². The normalized spacial score (nSPS) is 10.5. The van der Waals surface area contributed by atoms with Crippen molar-refractivity contribution in [1.29, 1.82) is 0 Å². The van der Waals surface area contributed by atoms with Gasteiger partial charge in [-0.3, -0.25) is 0 Å². The van der Waals surface area contributed by atoms with Crippen molar-refractivity contribution in [3.63, 3.8) is 0 Å². The number of aromatic nitrogens is 2. The van der Waals surface area contributed by atoms with Crippen molar-refractivity contribution >= 4 is 11.6 Å². The van der Waals surface area contributed by atoms with Crippen molar-refractivity contribution in [2.75, 3.05) is 36.0 Å². The number of hydrogen-bond donors (Lipinski definition) is 0. The van der Waals surface area contributed by atoms with E-state index in [0.717, 1.165) is 49.2 Å². The van der Waals surface area contributed by atoms with Gasteiger partial charge in [-0.2, -0.15) is 0 Å². The van der Waals surface area contributed by atoms with Gasteiger partial charge in [-0.25, -0.2) is 9.97 Å². The van der Waals surface area contributed by atoms with Gasteiger partial charge in [-0.15, -0.1) is 0 Å². The molecule has 0 aliphatic rings. The topological polar surface area (TPSA) is 32.3 Å². The maximum atomic E-state index is 4.78. The van der Waals surface area contributed by atoms with Gasteiger partial charge in [-0.1, -0.05) is 12.1 Å². The van der Waals surface area contributed by atoms with Gasteiger partial charge in [0.15, 0.2) is 0 Å². The lowest BCUT2D eigenvalue weighted by Gasteiger charge is -2.21. The summed E-state index contributed by atoms with van der Waals surface area (Å²) in [5.74, 6) is 2.02. The average molecular weight is 298 g/mol. The summed E-state index contributed by atoms with van der Waals surface area (Å²) in [5.41, 5.74) is 1.86. The molecule has 0 aliphatic heterocycles. The third-order valence-electron chi connectivity index (χ3n) is 3.91. The lowest BCUT2D eigenvalue weighted by Crippen LogP contribution is -2.23. The van der Waals surface area contributed by atoms with Gasteiger partial charge in [0, 0.05) is 26.2 Å². The van der Waals surface area contributed by atoms with E-state index >= 15 is 0 Å². The molecule has 0 radical (unpaired) electrons. The molecule has 0 aliphatic carbocycles. The molecule has 0 N–H and O–H groups in total. The van der Waals surface area contributed by atoms with Crippen LogP contribution in [-0.2, 0) is 0 Å². The molecule has 22 heavy (non-hydrogen) atoms. The molecule has 0 fully saturated rings. The molecule has 0 bridgehead atoms. The molecule has 2 aromatic rings. The van der Waals surface area contributed by atoms with Gasteiger partial charge in [0.05, 0.1) is 11.4 Å². The van der Waals surface area contributed by atoms with E-state index in [1.807, 2.05) is 12.1 Å². The monoisotopic (exact) mass is 298 g/mol. The Labute approximate surface area is 133 Å². The Morgan fingerprint density at radius 1 is 0.636 bits per heavy atom. The number of rotatable bonds is 7. The highest BCUT2D eigenvalue weighted by molar-refractivity contribution is 5.60. The Balaban J connectivity index is 2.36. The second kappa shape index (κ2) is 7.78. The van der Waals surface area contributed by atoms with Crippen LogP contribution in [0.3, 0.4) is 0 Å². The first-order valence-electron chi connectivity index (χ1n) is 8.17. The second-order valence-corrected chi connectivity index (χ2v) is 5.11. The van der Waals surface area contributed by atoms with Crippen LogP contribution in [-0.4, -0.2) is 36.1 Å². The van der Waals surface area contributed by atoms with Crippen LogP contribution in [0.25, 0.3) is 11.4 Å². The molecule has 2 aromatic heterocycles. The van der Waals surface area contributed by atoms with Crippen LogP contribution in [0.15, 0.2) is 36.4 Å². The Hall–Kier alpha value is -2.10. The SMILES string of the molecule is CCN(CC)c1cccc(-c2cccc(N(CC)CC)n2)n1. The van der Waals surface area contributed by atoms with Crippen molar-refractivity contribution in [3.05, 3.63) is 36.4 Å². The summed E-state index contributed by atoms with van der Waals surface area (Å²) in [4.78, 5) is 14.1. The van der Waals surface area contributed by atoms with E-state index in [2.05, 4.69) is 61.8 Å². The lowest BCUT2D eigenvalue weighted by molar-refractivity contribution is 0.842. The highest BCUT2D eigenvalue weighted by atomic mass is 15.2. The zero-order valence-electron chi connectivity index (χ0n) is 14.1. The molecular formula is C18H26N4. The van der Waals surface area contributed by atoms with Gasteiger partial charge >= 0.3 is 0 Å². The lowest BCUT2D eigenvalue weighted by atomic mass is 10.2. The molecular weight excluding hydrogens is 272 g/mol. The van der Waals surface area contributed by atoms with Crippen LogP contribution < -0.4 is 9.80 Å². The van der Waals surface area contributed by atoms with Crippen LogP contribution in [0.2, 0.25) is 0 Å². The molecule has 0 spiro atoms. The standard InChI is InChI=1S/C18H26N4/c1-5-21(6-2)17-13-9-11-15(19-17)16-12-10-14-18(20-16)22(7-3)8-4/h9-14H,5-8H2,1-4H3. The Kier molecular flexibility index (Phi) is 5.75. The molecule has 2 heterocycles. The molecule has 118 valence electrons. The minimum atomic E-state index is 0.929. The summed E-state index contributed by atoms with van der Waals surface area (Å²) >= 11 is 0. The van der Waals surface area contributed by atoms with Crippen LogP contribution in [0, 0.1) is 0 Å². The molecule has 0 saturated heterocycles. The maximum Gasteiger partial charge on any atom is 0.129 e. The Bertz CT molecular complexity index is 536. The fourth-order valence-electron chi connectivity index (χ4n) is 2.58. The molecule has 0 atom stereocenters. The van der Waals surface area contributed by atoms with E-state index in [9.17, 15) is 0 Å². The summed E-state index contributed by atoms with van der Waals surface area (Å²) in [7, 11) is 0. The quantitative estimate of drug-likeness (QED) is 0.777. The zero-order valence-corrected chi connectivity index (χ0v) is 14.1. The number of nitrogens with zero attached hydrogens (tertiary/aromatic N) is 4. The van der Waals surface area contributed by atoms with Crippen LogP contribution in [0.4, 0.5) is 11.6 Å². The van der Waals surface area contributed by atoms with Gasteiger partial charge < -0.3 is 9.80 Å². The van der Waals surface area contributed by atoms with Gasteiger partial charge in [0.1, 0.15) is 11.6 Å². The number of hydrogen-bond acceptors (Lipinski definition) is 4. The van der Waals surface area contributed by atoms with Crippen molar-refractivity contribution in [1.82, 2.24) is 9.97 Å². The summed E-state index contributed by atoms with van der Waals surface area (Å²) < 4.78 is 0. The number of pyridine rings is 2. The van der Waals surface area contributed by atoms with Gasteiger partial charge in [0.25, 0.3) is 0 Å². The summed E-state index contributed by atoms with van der Waals surface area (Å²) in [6.45, 7) is 12.4. The highest BCUT2D eigenvalue weighted by Crippen LogP contribution is 2.21. The Morgan fingerprint density at radius 3 is 1.32 bits per heavy atom. The minimum Gasteiger partial charge on any atom is -0.357 e. The third kappa shape index (κ3) is 3.56. The van der Waals surface area contributed by atoms with E-state index in [4.69, 9.17) is 9.97 Å². The summed E-state index contributed by atoms with van der Waals surface area (Å²) in [6.07, 6.45) is 0. The summed E-state index contributed by atoms with van der Waals surface area (Å²) in [5, 5.41) is 0. The molecule has 0 saturated carbocycles. The van der Waals surface area contributed by atoms with Gasteiger partial charge in [0.2, 0.25) is 0 Å². The molecule has 0 aromatic carbocycles. The molecule has 4 heteroatoms. The van der Waals surface area contributed by atoms with Crippen molar-refractivity contribution < 1.29 is 0 Å². The first kappa shape index (κ1) is 16.3. The number of anilines is 2. The molecule has 2 rings (SSSR count).